The zero-order valence-corrected chi connectivity index (χ0v) is 32.6. The van der Waals surface area contributed by atoms with Crippen molar-refractivity contribution in [2.24, 2.45) is 0 Å². The molecule has 0 aromatic rings. The second-order valence-electron chi connectivity index (χ2n) is 13.5. The SMILES string of the molecule is C=C(C)C(=O)OCCOCCC[Si](C)(C)O[Si](C)(C)O[Si](C)(C)O[Si](C)(C)CCCOP(=O)([O-])OCC[N+](C)(C)C. The minimum Gasteiger partial charge on any atom is -0.756 e. The maximum atomic E-state index is 12.0. The highest BCUT2D eigenvalue weighted by Gasteiger charge is 2.43. The normalized spacial score (nSPS) is 15.0. The third-order valence-corrected chi connectivity index (χ3v) is 22.0. The average Bonchev–Trinajstić information content (AvgIpc) is 2.72. The van der Waals surface area contributed by atoms with Crippen LogP contribution in [-0.2, 0) is 40.2 Å². The van der Waals surface area contributed by atoms with Gasteiger partial charge in [0.15, 0.2) is 16.6 Å². The molecule has 0 saturated heterocycles. The fraction of sp³-hybridized carbons (Fsp3) is 0.880. The van der Waals surface area contributed by atoms with Crippen LogP contribution in [0.25, 0.3) is 0 Å². The molecule has 0 aliphatic carbocycles. The molecule has 0 saturated carbocycles. The van der Waals surface area contributed by atoms with E-state index < -0.39 is 47.5 Å². The fourth-order valence-corrected chi connectivity index (χ4v) is 24.2. The van der Waals surface area contributed by atoms with Gasteiger partial charge in [-0.1, -0.05) is 6.58 Å². The molecule has 244 valence electrons. The second kappa shape index (κ2) is 17.5. The zero-order chi connectivity index (χ0) is 32.2. The van der Waals surface area contributed by atoms with Crippen LogP contribution in [-0.4, -0.2) is 105 Å². The Morgan fingerprint density at radius 3 is 1.68 bits per heavy atom. The van der Waals surface area contributed by atoms with Crippen molar-refractivity contribution in [1.29, 1.82) is 0 Å². The van der Waals surface area contributed by atoms with Gasteiger partial charge in [0.25, 0.3) is 7.82 Å². The molecule has 0 heterocycles. The molecule has 0 amide bonds. The molecule has 0 aromatic carbocycles. The first kappa shape index (κ1) is 41.0. The summed E-state index contributed by atoms with van der Waals surface area (Å²) in [6.07, 6.45) is 1.42. The molecule has 0 aromatic heterocycles. The van der Waals surface area contributed by atoms with Crippen LogP contribution in [0.2, 0.25) is 64.5 Å². The molecular formula is C25H58NO10PSi4. The third kappa shape index (κ3) is 23.1. The van der Waals surface area contributed by atoms with Crippen LogP contribution in [0.3, 0.4) is 0 Å². The van der Waals surface area contributed by atoms with E-state index >= 15 is 0 Å². The molecule has 41 heavy (non-hydrogen) atoms. The molecule has 16 heteroatoms. The lowest BCUT2D eigenvalue weighted by molar-refractivity contribution is -0.870. The zero-order valence-electron chi connectivity index (χ0n) is 27.8. The van der Waals surface area contributed by atoms with Crippen molar-refractivity contribution in [3.63, 3.8) is 0 Å². The molecule has 0 radical (unpaired) electrons. The minimum absolute atomic E-state index is 0.0697. The molecule has 11 nitrogen and oxygen atoms in total. The van der Waals surface area contributed by atoms with Crippen LogP contribution >= 0.6 is 7.82 Å². The van der Waals surface area contributed by atoms with E-state index in [1.807, 2.05) is 34.2 Å². The number of hydrogen-bond donors (Lipinski definition) is 0. The first-order valence-corrected chi connectivity index (χ1v) is 27.6. The predicted molar refractivity (Wildman–Crippen MR) is 171 cm³/mol. The topological polar surface area (TPSA) is 122 Å². The van der Waals surface area contributed by atoms with Crippen molar-refractivity contribution < 1.29 is 49.6 Å². The lowest BCUT2D eigenvalue weighted by Gasteiger charge is -2.41. The van der Waals surface area contributed by atoms with Crippen molar-refractivity contribution in [1.82, 2.24) is 0 Å². The first-order valence-electron chi connectivity index (χ1n) is 14.3. The van der Waals surface area contributed by atoms with E-state index in [-0.39, 0.29) is 19.8 Å². The summed E-state index contributed by atoms with van der Waals surface area (Å²) >= 11 is 0. The number of hydrogen-bond acceptors (Lipinski definition) is 10. The lowest BCUT2D eigenvalue weighted by atomic mass is 10.4. The van der Waals surface area contributed by atoms with E-state index in [1.54, 1.807) is 6.92 Å². The average molecular weight is 676 g/mol. The Balaban J connectivity index is 4.53. The van der Waals surface area contributed by atoms with Crippen LogP contribution < -0.4 is 4.89 Å². The van der Waals surface area contributed by atoms with Gasteiger partial charge in [-0.3, -0.25) is 4.57 Å². The molecule has 0 N–H and O–H groups in total. The van der Waals surface area contributed by atoms with Gasteiger partial charge in [-0.05, 0) is 84.2 Å². The largest absolute Gasteiger partial charge is 0.756 e. The van der Waals surface area contributed by atoms with Gasteiger partial charge in [0.05, 0.1) is 34.4 Å². The van der Waals surface area contributed by atoms with E-state index in [0.717, 1.165) is 18.5 Å². The van der Waals surface area contributed by atoms with E-state index in [0.29, 0.717) is 36.2 Å². The Labute approximate surface area is 253 Å². The molecule has 1 atom stereocenters. The van der Waals surface area contributed by atoms with Crippen molar-refractivity contribution in [2.75, 3.05) is 60.7 Å². The quantitative estimate of drug-likeness (QED) is 0.0366. The van der Waals surface area contributed by atoms with E-state index in [9.17, 15) is 14.3 Å². The Hall–Kier alpha value is -0.0125. The first-order chi connectivity index (χ1) is 18.4. The molecule has 0 aliphatic rings. The molecule has 1 unspecified atom stereocenters. The van der Waals surface area contributed by atoms with Gasteiger partial charge in [-0.15, -0.1) is 0 Å². The second-order valence-corrected chi connectivity index (χ2v) is 31.0. The number of quaternary nitrogens is 1. The van der Waals surface area contributed by atoms with Gasteiger partial charge < -0.3 is 40.2 Å². The number of carbonyl (C=O) groups excluding carboxylic acids is 1. The summed E-state index contributed by atoms with van der Waals surface area (Å²) in [4.78, 5) is 23.4. The van der Waals surface area contributed by atoms with Crippen molar-refractivity contribution in [3.05, 3.63) is 12.2 Å². The van der Waals surface area contributed by atoms with Gasteiger partial charge in [0.1, 0.15) is 19.8 Å². The molecule has 0 rings (SSSR count). The van der Waals surface area contributed by atoms with Crippen LogP contribution in [0.5, 0.6) is 0 Å². The number of rotatable bonds is 23. The van der Waals surface area contributed by atoms with Crippen molar-refractivity contribution >= 4 is 47.5 Å². The molecule has 0 aliphatic heterocycles. The summed E-state index contributed by atoms with van der Waals surface area (Å²) in [7, 11) is -7.55. The summed E-state index contributed by atoms with van der Waals surface area (Å²) in [5.41, 5.74) is 0.377. The number of esters is 1. The van der Waals surface area contributed by atoms with E-state index in [2.05, 4.69) is 45.9 Å². The Morgan fingerprint density at radius 1 is 0.756 bits per heavy atom. The van der Waals surface area contributed by atoms with Crippen LogP contribution in [0.1, 0.15) is 19.8 Å². The summed E-state index contributed by atoms with van der Waals surface area (Å²) in [5.74, 6) is -0.402. The smallest absolute Gasteiger partial charge is 0.333 e. The highest BCUT2D eigenvalue weighted by atomic mass is 31.2. The van der Waals surface area contributed by atoms with Gasteiger partial charge in [-0.2, -0.15) is 0 Å². The summed E-state index contributed by atoms with van der Waals surface area (Å²) in [6, 6.07) is 1.66. The van der Waals surface area contributed by atoms with Crippen molar-refractivity contribution in [3.8, 4) is 0 Å². The summed E-state index contributed by atoms with van der Waals surface area (Å²) in [5, 5.41) is 0. The predicted octanol–water partition coefficient (Wildman–Crippen LogP) is 4.97. The lowest BCUT2D eigenvalue weighted by Crippen LogP contribution is -2.56. The van der Waals surface area contributed by atoms with Crippen LogP contribution in [0.4, 0.5) is 0 Å². The standard InChI is InChI=1S/C25H58NO10PSi4/c1-24(2)25(27)31-21-20-30-17-14-22-38(6,7)34-40(10,11)36-41(12,13)35-39(8,9)23-15-18-32-37(28,29)33-19-16-26(3,4)5/h1,14-23H2,2-13H3. The summed E-state index contributed by atoms with van der Waals surface area (Å²) < 4.78 is 53.1. The van der Waals surface area contributed by atoms with Gasteiger partial charge in [-0.25, -0.2) is 4.79 Å². The monoisotopic (exact) mass is 675 g/mol. The Kier molecular flexibility index (Phi) is 17.5. The third-order valence-electron chi connectivity index (χ3n) is 5.60. The number of ether oxygens (including phenoxy) is 2. The fourth-order valence-electron chi connectivity index (χ4n) is 4.22. The van der Waals surface area contributed by atoms with Crippen LogP contribution in [0.15, 0.2) is 12.2 Å². The molecule has 0 bridgehead atoms. The van der Waals surface area contributed by atoms with Gasteiger partial charge in [0.2, 0.25) is 0 Å². The Morgan fingerprint density at radius 2 is 1.22 bits per heavy atom. The van der Waals surface area contributed by atoms with Gasteiger partial charge in [0, 0.05) is 12.2 Å². The van der Waals surface area contributed by atoms with Crippen molar-refractivity contribution in [2.45, 2.75) is 84.2 Å². The van der Waals surface area contributed by atoms with Gasteiger partial charge >= 0.3 is 23.1 Å². The summed E-state index contributed by atoms with van der Waals surface area (Å²) in [6.45, 7) is 23.9. The number of phosphoric ester groups is 1. The number of nitrogens with zero attached hydrogens (tertiary/aromatic N) is 1. The maximum absolute atomic E-state index is 12.0. The number of carbonyl (C=O) groups is 1. The highest BCUT2D eigenvalue weighted by molar-refractivity contribution is 7.45. The number of likely N-dealkylation sites (N-methyl/N-ethyl adjacent to an activating group) is 1. The Bertz CT molecular complexity index is 866. The highest BCUT2D eigenvalue weighted by Crippen LogP contribution is 2.38. The molecule has 0 fully saturated rings. The molecular weight excluding hydrogens is 618 g/mol. The number of phosphoric acid groups is 1. The molecule has 0 spiro atoms. The maximum Gasteiger partial charge on any atom is 0.333 e. The van der Waals surface area contributed by atoms with E-state index in [4.69, 9.17) is 30.9 Å². The van der Waals surface area contributed by atoms with Crippen LogP contribution in [0, 0.1) is 0 Å². The van der Waals surface area contributed by atoms with E-state index in [1.165, 1.54) is 0 Å². The minimum atomic E-state index is -4.31.